The van der Waals surface area contributed by atoms with Gasteiger partial charge >= 0.3 is 22.7 Å². The molecule has 0 saturated carbocycles. The minimum Gasteiger partial charge on any atom is -0.299 e. The number of benzene rings is 2. The van der Waals surface area contributed by atoms with Crippen LogP contribution in [0.5, 0.6) is 0 Å². The van der Waals surface area contributed by atoms with Gasteiger partial charge in [0.1, 0.15) is 5.82 Å². The van der Waals surface area contributed by atoms with E-state index in [1.165, 1.54) is 24.3 Å². The third kappa shape index (κ3) is 4.91. The largest absolute Gasteiger partial charge is 0.434 e. The molecular formula is C17H11F6N3O3S. The van der Waals surface area contributed by atoms with Gasteiger partial charge in [0.05, 0.1) is 11.3 Å². The number of rotatable bonds is 4. The van der Waals surface area contributed by atoms with Crippen LogP contribution < -0.4 is 4.72 Å². The van der Waals surface area contributed by atoms with Crippen molar-refractivity contribution in [3.8, 4) is 17.1 Å². The molecule has 1 aromatic heterocycles. The Bertz CT molecular complexity index is 1150. The van der Waals surface area contributed by atoms with E-state index in [2.05, 4.69) is 4.98 Å². The minimum absolute atomic E-state index is 0.00126. The average Bonchev–Trinajstić information content (AvgIpc) is 3.06. The number of anilines is 1. The average molecular weight is 451 g/mol. The number of alkyl halides is 6. The fourth-order valence-electron chi connectivity index (χ4n) is 2.56. The topological polar surface area (TPSA) is 84.2 Å². The van der Waals surface area contributed by atoms with E-state index in [1.54, 1.807) is 4.72 Å². The highest BCUT2D eigenvalue weighted by molar-refractivity contribution is 7.87. The summed E-state index contributed by atoms with van der Waals surface area (Å²) in [6.45, 7) is 0. The van der Waals surface area contributed by atoms with E-state index >= 15 is 0 Å². The lowest BCUT2D eigenvalue weighted by Gasteiger charge is -2.11. The molecule has 0 radical (unpaired) electrons. The fraction of sp³-hybridized carbons (Fsp3) is 0.118. The second-order valence-corrected chi connectivity index (χ2v) is 7.17. The summed E-state index contributed by atoms with van der Waals surface area (Å²) in [4.78, 5) is 3.51. The zero-order valence-corrected chi connectivity index (χ0v) is 15.3. The van der Waals surface area contributed by atoms with Crippen LogP contribution in [-0.4, -0.2) is 22.5 Å². The Morgan fingerprint density at radius 3 is 1.90 bits per heavy atom. The highest BCUT2D eigenvalue weighted by Crippen LogP contribution is 2.34. The molecule has 6 nitrogen and oxygen atoms in total. The van der Waals surface area contributed by atoms with Gasteiger partial charge < -0.3 is 0 Å². The standard InChI is InChI=1S/C17H11F6N3O3S/c18-16(19,20)11-3-1-10(2-4-11)15-24-14(17(21,22)23)9-26(15)13-7-5-12(6-8-13)25-30(27,28)29/h1-9,25H,(H,27,28,29). The third-order valence-corrected chi connectivity index (χ3v) is 4.35. The lowest BCUT2D eigenvalue weighted by molar-refractivity contribution is -0.141. The maximum Gasteiger partial charge on any atom is 0.434 e. The van der Waals surface area contributed by atoms with Gasteiger partial charge in [-0.3, -0.25) is 13.8 Å². The van der Waals surface area contributed by atoms with Crippen LogP contribution in [-0.2, 0) is 22.7 Å². The van der Waals surface area contributed by atoms with Crippen LogP contribution in [0.3, 0.4) is 0 Å². The second kappa shape index (κ2) is 7.32. The molecule has 0 unspecified atom stereocenters. The van der Waals surface area contributed by atoms with Crippen molar-refractivity contribution in [1.82, 2.24) is 9.55 Å². The molecule has 1 heterocycles. The van der Waals surface area contributed by atoms with Crippen LogP contribution in [0.4, 0.5) is 32.0 Å². The normalized spacial score (nSPS) is 12.8. The van der Waals surface area contributed by atoms with Gasteiger partial charge in [0.25, 0.3) is 0 Å². The molecule has 0 aliphatic carbocycles. The second-order valence-electron chi connectivity index (χ2n) is 6.02. The quantitative estimate of drug-likeness (QED) is 0.441. The van der Waals surface area contributed by atoms with Crippen molar-refractivity contribution < 1.29 is 39.3 Å². The maximum absolute atomic E-state index is 13.2. The summed E-state index contributed by atoms with van der Waals surface area (Å²) in [6, 6.07) is 8.26. The zero-order chi connectivity index (χ0) is 22.3. The van der Waals surface area contributed by atoms with Crippen molar-refractivity contribution in [1.29, 1.82) is 0 Å². The van der Waals surface area contributed by atoms with E-state index in [9.17, 15) is 34.8 Å². The summed E-state index contributed by atoms with van der Waals surface area (Å²) in [5, 5.41) is 0. The van der Waals surface area contributed by atoms with Crippen molar-refractivity contribution in [3.05, 3.63) is 66.0 Å². The summed E-state index contributed by atoms with van der Waals surface area (Å²) in [6.07, 6.45) is -8.75. The number of hydrogen-bond donors (Lipinski definition) is 2. The van der Waals surface area contributed by atoms with E-state index in [0.29, 0.717) is 6.20 Å². The number of nitrogens with one attached hydrogen (secondary N) is 1. The van der Waals surface area contributed by atoms with Gasteiger partial charge in [-0.1, -0.05) is 12.1 Å². The Morgan fingerprint density at radius 1 is 0.867 bits per heavy atom. The van der Waals surface area contributed by atoms with Crippen LogP contribution in [0.1, 0.15) is 11.3 Å². The summed E-state index contributed by atoms with van der Waals surface area (Å²) in [5.74, 6) is -0.272. The summed E-state index contributed by atoms with van der Waals surface area (Å²) < 4.78 is 111. The molecule has 13 heteroatoms. The van der Waals surface area contributed by atoms with Crippen molar-refractivity contribution in [2.75, 3.05) is 4.72 Å². The van der Waals surface area contributed by atoms with Crippen molar-refractivity contribution >= 4 is 16.0 Å². The lowest BCUT2D eigenvalue weighted by atomic mass is 10.1. The molecule has 30 heavy (non-hydrogen) atoms. The van der Waals surface area contributed by atoms with Gasteiger partial charge in [-0.25, -0.2) is 4.98 Å². The molecule has 2 N–H and O–H groups in total. The monoisotopic (exact) mass is 451 g/mol. The molecule has 0 aliphatic heterocycles. The van der Waals surface area contributed by atoms with Gasteiger partial charge in [-0.05, 0) is 36.4 Å². The Labute approximate surface area is 165 Å². The summed E-state index contributed by atoms with van der Waals surface area (Å²) in [7, 11) is -4.55. The molecule has 2 aromatic carbocycles. The first kappa shape index (κ1) is 21.6. The van der Waals surface area contributed by atoms with Crippen molar-refractivity contribution in [2.24, 2.45) is 0 Å². The Morgan fingerprint density at radius 2 is 1.43 bits per heavy atom. The van der Waals surface area contributed by atoms with Gasteiger partial charge in [-0.2, -0.15) is 34.8 Å². The van der Waals surface area contributed by atoms with Crippen LogP contribution in [0, 0.1) is 0 Å². The SMILES string of the molecule is O=S(=O)(O)Nc1ccc(-n2cc(C(F)(F)F)nc2-c2ccc(C(F)(F)F)cc2)cc1. The van der Waals surface area contributed by atoms with Crippen LogP contribution >= 0.6 is 0 Å². The smallest absolute Gasteiger partial charge is 0.299 e. The number of nitrogens with zero attached hydrogens (tertiary/aromatic N) is 2. The van der Waals surface area contributed by atoms with Gasteiger partial charge in [-0.15, -0.1) is 0 Å². The molecule has 0 spiro atoms. The van der Waals surface area contributed by atoms with Crippen molar-refractivity contribution in [3.63, 3.8) is 0 Å². The zero-order valence-electron chi connectivity index (χ0n) is 14.5. The van der Waals surface area contributed by atoms with E-state index < -0.39 is 33.9 Å². The molecule has 0 amide bonds. The number of aromatic nitrogens is 2. The Balaban J connectivity index is 2.07. The Hall–Kier alpha value is -3.06. The predicted octanol–water partition coefficient (Wildman–Crippen LogP) is 4.79. The van der Waals surface area contributed by atoms with Crippen LogP contribution in [0.25, 0.3) is 17.1 Å². The molecule has 160 valence electrons. The van der Waals surface area contributed by atoms with Crippen molar-refractivity contribution in [2.45, 2.75) is 12.4 Å². The molecule has 0 fully saturated rings. The summed E-state index contributed by atoms with van der Waals surface area (Å²) >= 11 is 0. The fourth-order valence-corrected chi connectivity index (χ4v) is 3.00. The van der Waals surface area contributed by atoms with Crippen LogP contribution in [0.2, 0.25) is 0 Å². The first-order chi connectivity index (χ1) is 13.7. The third-order valence-electron chi connectivity index (χ3n) is 3.86. The molecule has 0 atom stereocenters. The van der Waals surface area contributed by atoms with Gasteiger partial charge in [0.2, 0.25) is 0 Å². The van der Waals surface area contributed by atoms with E-state index in [-0.39, 0.29) is 22.8 Å². The number of imidazole rings is 1. The van der Waals surface area contributed by atoms with Gasteiger partial charge in [0.15, 0.2) is 5.69 Å². The molecule has 0 aliphatic rings. The molecule has 0 bridgehead atoms. The lowest BCUT2D eigenvalue weighted by Crippen LogP contribution is -2.10. The number of hydrogen-bond acceptors (Lipinski definition) is 3. The Kier molecular flexibility index (Phi) is 5.28. The predicted molar refractivity (Wildman–Crippen MR) is 94.2 cm³/mol. The number of halogens is 6. The van der Waals surface area contributed by atoms with E-state index in [0.717, 1.165) is 28.8 Å². The van der Waals surface area contributed by atoms with Crippen LogP contribution in [0.15, 0.2) is 54.7 Å². The maximum atomic E-state index is 13.2. The molecule has 3 aromatic rings. The minimum atomic E-state index is -4.81. The highest BCUT2D eigenvalue weighted by Gasteiger charge is 2.35. The van der Waals surface area contributed by atoms with E-state index in [1.807, 2.05) is 0 Å². The first-order valence-corrected chi connectivity index (χ1v) is 9.38. The van der Waals surface area contributed by atoms with E-state index in [4.69, 9.17) is 4.55 Å². The first-order valence-electron chi connectivity index (χ1n) is 7.94. The van der Waals surface area contributed by atoms with Gasteiger partial charge in [0, 0.05) is 17.4 Å². The highest BCUT2D eigenvalue weighted by atomic mass is 32.2. The molecular weight excluding hydrogens is 440 g/mol. The summed E-state index contributed by atoms with van der Waals surface area (Å²) in [5.41, 5.74) is -2.18. The molecule has 3 rings (SSSR count). The molecule has 0 saturated heterocycles.